The molecular weight excluding hydrogens is 393 g/mol. The number of benzene rings is 2. The van der Waals surface area contributed by atoms with Crippen molar-refractivity contribution in [2.24, 2.45) is 0 Å². The van der Waals surface area contributed by atoms with Crippen LogP contribution in [0.5, 0.6) is 5.75 Å². The standard InChI is InChI=1S/C21H22FN3O5/c1-29-12-11-24-18(13-19(26)23-15-5-3-14(22)4-6-15)20(27)25(21(24)28)16-7-9-17(30-2)10-8-16/h3-10,18H,11-13H2,1-2H3,(H,23,26). The largest absolute Gasteiger partial charge is 0.497 e. The van der Waals surface area contributed by atoms with Crippen LogP contribution in [-0.2, 0) is 14.3 Å². The van der Waals surface area contributed by atoms with E-state index in [9.17, 15) is 18.8 Å². The van der Waals surface area contributed by atoms with Gasteiger partial charge in [-0.2, -0.15) is 0 Å². The summed E-state index contributed by atoms with van der Waals surface area (Å²) in [6.07, 6.45) is -0.238. The zero-order valence-corrected chi connectivity index (χ0v) is 16.6. The van der Waals surface area contributed by atoms with Gasteiger partial charge in [0.25, 0.3) is 5.91 Å². The third-order valence-electron chi connectivity index (χ3n) is 4.69. The van der Waals surface area contributed by atoms with Crippen molar-refractivity contribution >= 4 is 29.2 Å². The quantitative estimate of drug-likeness (QED) is 0.670. The first-order chi connectivity index (χ1) is 14.4. The van der Waals surface area contributed by atoms with Crippen molar-refractivity contribution in [2.45, 2.75) is 12.5 Å². The average Bonchev–Trinajstić information content (AvgIpc) is 2.97. The van der Waals surface area contributed by atoms with E-state index in [1.165, 1.54) is 43.4 Å². The highest BCUT2D eigenvalue weighted by Crippen LogP contribution is 2.28. The molecule has 1 atom stereocenters. The van der Waals surface area contributed by atoms with E-state index in [2.05, 4.69) is 5.32 Å². The fraction of sp³-hybridized carbons (Fsp3) is 0.286. The molecule has 2 aromatic carbocycles. The van der Waals surface area contributed by atoms with Crippen molar-refractivity contribution in [1.82, 2.24) is 4.90 Å². The molecular formula is C21H22FN3O5. The van der Waals surface area contributed by atoms with E-state index in [1.54, 1.807) is 24.3 Å². The van der Waals surface area contributed by atoms with Crippen molar-refractivity contribution in [1.29, 1.82) is 0 Å². The fourth-order valence-electron chi connectivity index (χ4n) is 3.17. The Balaban J connectivity index is 1.79. The molecule has 30 heavy (non-hydrogen) atoms. The van der Waals surface area contributed by atoms with Crippen LogP contribution in [0.3, 0.4) is 0 Å². The molecule has 1 N–H and O–H groups in total. The number of anilines is 2. The first-order valence-corrected chi connectivity index (χ1v) is 9.27. The molecule has 9 heteroatoms. The molecule has 1 aliphatic rings. The van der Waals surface area contributed by atoms with Crippen LogP contribution in [0, 0.1) is 5.82 Å². The molecule has 0 radical (unpaired) electrons. The highest BCUT2D eigenvalue weighted by atomic mass is 19.1. The fourth-order valence-corrected chi connectivity index (χ4v) is 3.17. The van der Waals surface area contributed by atoms with Gasteiger partial charge in [-0.1, -0.05) is 0 Å². The van der Waals surface area contributed by atoms with Gasteiger partial charge in [-0.3, -0.25) is 9.59 Å². The molecule has 0 spiro atoms. The minimum absolute atomic E-state index is 0.155. The van der Waals surface area contributed by atoms with E-state index < -0.39 is 29.7 Å². The maximum absolute atomic E-state index is 13.0. The van der Waals surface area contributed by atoms with E-state index in [-0.39, 0.29) is 19.6 Å². The highest BCUT2D eigenvalue weighted by Gasteiger charge is 2.46. The Hall–Kier alpha value is -3.46. The molecule has 8 nitrogen and oxygen atoms in total. The zero-order valence-electron chi connectivity index (χ0n) is 16.6. The molecule has 4 amide bonds. The van der Waals surface area contributed by atoms with Gasteiger partial charge in [0, 0.05) is 19.3 Å². The Bertz CT molecular complexity index is 917. The van der Waals surface area contributed by atoms with Crippen LogP contribution < -0.4 is 15.0 Å². The smallest absolute Gasteiger partial charge is 0.332 e. The van der Waals surface area contributed by atoms with Gasteiger partial charge in [0.1, 0.15) is 17.6 Å². The third kappa shape index (κ3) is 4.57. The van der Waals surface area contributed by atoms with E-state index in [4.69, 9.17) is 9.47 Å². The molecule has 3 rings (SSSR count). The molecule has 0 aromatic heterocycles. The number of rotatable bonds is 8. The Labute approximate surface area is 173 Å². The summed E-state index contributed by atoms with van der Waals surface area (Å²) in [5.41, 5.74) is 0.781. The van der Waals surface area contributed by atoms with Gasteiger partial charge in [-0.05, 0) is 48.5 Å². The van der Waals surface area contributed by atoms with Crippen LogP contribution >= 0.6 is 0 Å². The van der Waals surface area contributed by atoms with E-state index in [0.717, 1.165) is 4.90 Å². The van der Waals surface area contributed by atoms with Gasteiger partial charge in [-0.15, -0.1) is 0 Å². The monoisotopic (exact) mass is 415 g/mol. The van der Waals surface area contributed by atoms with Crippen LogP contribution in [-0.4, -0.2) is 56.2 Å². The number of ether oxygens (including phenoxy) is 2. The van der Waals surface area contributed by atoms with Gasteiger partial charge in [0.05, 0.1) is 25.8 Å². The molecule has 0 aliphatic carbocycles. The van der Waals surface area contributed by atoms with Crippen molar-refractivity contribution in [3.05, 3.63) is 54.3 Å². The van der Waals surface area contributed by atoms with E-state index in [1.807, 2.05) is 0 Å². The topological polar surface area (TPSA) is 88.2 Å². The SMILES string of the molecule is COCCN1C(=O)N(c2ccc(OC)cc2)C(=O)C1CC(=O)Nc1ccc(F)cc1. The maximum atomic E-state index is 13.0. The number of halogens is 1. The lowest BCUT2D eigenvalue weighted by Crippen LogP contribution is -2.39. The van der Waals surface area contributed by atoms with E-state index in [0.29, 0.717) is 17.1 Å². The molecule has 1 heterocycles. The van der Waals surface area contributed by atoms with Gasteiger partial charge in [0.15, 0.2) is 0 Å². The first-order valence-electron chi connectivity index (χ1n) is 9.27. The van der Waals surface area contributed by atoms with Crippen LogP contribution in [0.4, 0.5) is 20.6 Å². The normalized spacial score (nSPS) is 16.2. The summed E-state index contributed by atoms with van der Waals surface area (Å²) < 4.78 is 23.2. The van der Waals surface area contributed by atoms with E-state index >= 15 is 0 Å². The summed E-state index contributed by atoms with van der Waals surface area (Å²) in [6.45, 7) is 0.369. The lowest BCUT2D eigenvalue weighted by molar-refractivity contribution is -0.124. The summed E-state index contributed by atoms with van der Waals surface area (Å²) >= 11 is 0. The molecule has 1 saturated heterocycles. The van der Waals surface area contributed by atoms with Gasteiger partial charge < -0.3 is 19.7 Å². The number of carbonyl (C=O) groups is 3. The number of imide groups is 1. The third-order valence-corrected chi connectivity index (χ3v) is 4.69. The number of nitrogens with one attached hydrogen (secondary N) is 1. The molecule has 0 bridgehead atoms. The minimum atomic E-state index is -0.977. The predicted octanol–water partition coefficient (Wildman–Crippen LogP) is 2.65. The summed E-state index contributed by atoms with van der Waals surface area (Å²) in [4.78, 5) is 40.8. The summed E-state index contributed by atoms with van der Waals surface area (Å²) in [5.74, 6) is -0.808. The minimum Gasteiger partial charge on any atom is -0.497 e. The lowest BCUT2D eigenvalue weighted by Gasteiger charge is -2.21. The van der Waals surface area contributed by atoms with Crippen molar-refractivity contribution in [3.8, 4) is 5.75 Å². The Morgan fingerprint density at radius 2 is 1.73 bits per heavy atom. The van der Waals surface area contributed by atoms with Crippen LogP contribution in [0.2, 0.25) is 0 Å². The molecule has 1 aliphatic heterocycles. The second-order valence-corrected chi connectivity index (χ2v) is 6.62. The maximum Gasteiger partial charge on any atom is 0.332 e. The van der Waals surface area contributed by atoms with Crippen LogP contribution in [0.1, 0.15) is 6.42 Å². The number of hydrogen-bond acceptors (Lipinski definition) is 5. The summed E-state index contributed by atoms with van der Waals surface area (Å²) in [5, 5.41) is 2.62. The molecule has 0 saturated carbocycles. The van der Waals surface area contributed by atoms with Crippen LogP contribution in [0.25, 0.3) is 0 Å². The van der Waals surface area contributed by atoms with Crippen molar-refractivity contribution in [3.63, 3.8) is 0 Å². The van der Waals surface area contributed by atoms with Crippen LogP contribution in [0.15, 0.2) is 48.5 Å². The second kappa shape index (κ2) is 9.36. The molecule has 1 unspecified atom stereocenters. The van der Waals surface area contributed by atoms with Crippen molar-refractivity contribution < 1.29 is 28.2 Å². The number of hydrogen-bond donors (Lipinski definition) is 1. The lowest BCUT2D eigenvalue weighted by atomic mass is 10.1. The average molecular weight is 415 g/mol. The zero-order chi connectivity index (χ0) is 21.7. The van der Waals surface area contributed by atoms with Gasteiger partial charge in [0.2, 0.25) is 5.91 Å². The summed E-state index contributed by atoms with van der Waals surface area (Å²) in [7, 11) is 3.00. The number of amides is 4. The van der Waals surface area contributed by atoms with Gasteiger partial charge in [-0.25, -0.2) is 14.1 Å². The Kier molecular flexibility index (Phi) is 6.63. The molecule has 158 valence electrons. The molecule has 1 fully saturated rings. The first kappa shape index (κ1) is 21.3. The number of methoxy groups -OCH3 is 2. The second-order valence-electron chi connectivity index (χ2n) is 6.62. The number of carbonyl (C=O) groups excluding carboxylic acids is 3. The van der Waals surface area contributed by atoms with Gasteiger partial charge >= 0.3 is 6.03 Å². The number of nitrogens with zero attached hydrogens (tertiary/aromatic N) is 2. The molecule has 2 aromatic rings. The Morgan fingerprint density at radius 1 is 1.07 bits per heavy atom. The number of urea groups is 1. The van der Waals surface area contributed by atoms with Crippen molar-refractivity contribution in [2.75, 3.05) is 37.6 Å². The summed E-state index contributed by atoms with van der Waals surface area (Å²) in [6, 6.07) is 10.3. The Morgan fingerprint density at radius 3 is 2.33 bits per heavy atom. The highest BCUT2D eigenvalue weighted by molar-refractivity contribution is 6.22. The predicted molar refractivity (Wildman–Crippen MR) is 108 cm³/mol.